The number of alkyl halides is 1. The Morgan fingerprint density at radius 2 is 1.94 bits per heavy atom. The van der Waals surface area contributed by atoms with Gasteiger partial charge in [0.2, 0.25) is 0 Å². The first-order chi connectivity index (χ1) is 7.23. The molecule has 0 aromatic heterocycles. The zero-order valence-corrected chi connectivity index (χ0v) is 10.9. The summed E-state index contributed by atoms with van der Waals surface area (Å²) >= 11 is -1.36. The van der Waals surface area contributed by atoms with Crippen LogP contribution in [-0.4, -0.2) is 32.4 Å². The van der Waals surface area contributed by atoms with Crippen LogP contribution in [0, 0.1) is 0 Å². The topological polar surface area (TPSA) is 55.7 Å². The van der Waals surface area contributed by atoms with E-state index in [2.05, 4.69) is 4.40 Å². The number of hydrogen-bond acceptors (Lipinski definition) is 3. The minimum absolute atomic E-state index is 0.352. The van der Waals surface area contributed by atoms with Crippen molar-refractivity contribution in [2.24, 2.45) is 4.40 Å². The molecule has 16 heavy (non-hydrogen) atoms. The van der Waals surface area contributed by atoms with Gasteiger partial charge in [0.15, 0.2) is 0 Å². The average Bonchev–Trinajstić information content (AvgIpc) is 2.18. The largest absolute Gasteiger partial charge is 0.591 e. The first-order valence-corrected chi connectivity index (χ1v) is 6.67. The normalized spacial score (nSPS) is 34.2. The summed E-state index contributed by atoms with van der Waals surface area (Å²) in [6, 6.07) is 0. The van der Waals surface area contributed by atoms with Crippen LogP contribution in [0.25, 0.3) is 0 Å². The molecule has 5 heteroatoms. The quantitative estimate of drug-likeness (QED) is 0.602. The van der Waals surface area contributed by atoms with Crippen molar-refractivity contribution in [3.05, 3.63) is 0 Å². The maximum absolute atomic E-state index is 12.9. The molecule has 0 aromatic rings. The summed E-state index contributed by atoms with van der Waals surface area (Å²) in [5.41, 5.74) is -1.07. The maximum Gasteiger partial charge on any atom is 0.144 e. The number of aliphatic hydroxyl groups is 1. The molecule has 0 aromatic carbocycles. The predicted octanol–water partition coefficient (Wildman–Crippen LogP) is 2.16. The summed E-state index contributed by atoms with van der Waals surface area (Å²) in [5, 5.41) is 10.1. The van der Waals surface area contributed by atoms with Gasteiger partial charge in [0.25, 0.3) is 0 Å². The van der Waals surface area contributed by atoms with Crippen molar-refractivity contribution in [1.82, 2.24) is 0 Å². The number of hydrogen-bond donors (Lipinski definition) is 1. The Labute approximate surface area is 99.5 Å². The summed E-state index contributed by atoms with van der Waals surface area (Å²) in [7, 11) is 0. The monoisotopic (exact) mass is 249 g/mol. The van der Waals surface area contributed by atoms with Crippen LogP contribution in [0.2, 0.25) is 0 Å². The van der Waals surface area contributed by atoms with Crippen LogP contribution in [-0.2, 0) is 11.4 Å². The Kier molecular flexibility index (Phi) is 4.37. The SMILES string of the molecule is CC(C)(C)[S@+]([O-])/N=C/[C@]1(O)CC[C@@H](F)CC1. The lowest BCUT2D eigenvalue weighted by atomic mass is 9.85. The third-order valence-electron chi connectivity index (χ3n) is 2.69. The van der Waals surface area contributed by atoms with Crippen molar-refractivity contribution in [2.75, 3.05) is 0 Å². The molecular weight excluding hydrogens is 229 g/mol. The fourth-order valence-corrected chi connectivity index (χ4v) is 2.12. The highest BCUT2D eigenvalue weighted by molar-refractivity contribution is 7.91. The van der Waals surface area contributed by atoms with Crippen LogP contribution in [0.4, 0.5) is 4.39 Å². The predicted molar refractivity (Wildman–Crippen MR) is 64.7 cm³/mol. The molecule has 1 saturated carbocycles. The Balaban J connectivity index is 2.56. The van der Waals surface area contributed by atoms with E-state index in [1.165, 1.54) is 6.21 Å². The molecule has 0 heterocycles. The molecule has 0 spiro atoms. The minimum atomic E-state index is -1.36. The number of halogens is 1. The van der Waals surface area contributed by atoms with Gasteiger partial charge in [0, 0.05) is 0 Å². The zero-order chi connectivity index (χ0) is 12.4. The van der Waals surface area contributed by atoms with Crippen molar-refractivity contribution in [3.8, 4) is 0 Å². The molecule has 1 N–H and O–H groups in total. The van der Waals surface area contributed by atoms with Gasteiger partial charge in [-0.25, -0.2) is 4.39 Å². The lowest BCUT2D eigenvalue weighted by Crippen LogP contribution is -2.37. The van der Waals surface area contributed by atoms with Gasteiger partial charge in [-0.15, -0.1) is 0 Å². The second-order valence-electron chi connectivity index (χ2n) is 5.37. The van der Waals surface area contributed by atoms with Crippen LogP contribution in [0.1, 0.15) is 46.5 Å². The fourth-order valence-electron chi connectivity index (χ4n) is 1.52. The van der Waals surface area contributed by atoms with Gasteiger partial charge < -0.3 is 9.66 Å². The lowest BCUT2D eigenvalue weighted by molar-refractivity contribution is 0.0486. The summed E-state index contributed by atoms with van der Waals surface area (Å²) in [4.78, 5) is 0. The molecule has 1 aliphatic carbocycles. The Morgan fingerprint density at radius 1 is 1.44 bits per heavy atom. The molecule has 1 fully saturated rings. The molecular formula is C11H20FNO2S. The van der Waals surface area contributed by atoms with Crippen LogP contribution in [0.15, 0.2) is 4.40 Å². The minimum Gasteiger partial charge on any atom is -0.591 e. The molecule has 0 aliphatic heterocycles. The van der Waals surface area contributed by atoms with Crippen molar-refractivity contribution in [2.45, 2.75) is 63.0 Å². The average molecular weight is 249 g/mol. The zero-order valence-electron chi connectivity index (χ0n) is 10.1. The molecule has 0 radical (unpaired) electrons. The Hall–Kier alpha value is -0.130. The second kappa shape index (κ2) is 5.02. The van der Waals surface area contributed by atoms with Gasteiger partial charge in [0.1, 0.15) is 27.9 Å². The van der Waals surface area contributed by atoms with Crippen LogP contribution >= 0.6 is 0 Å². The fraction of sp³-hybridized carbons (Fsp3) is 0.909. The van der Waals surface area contributed by atoms with E-state index in [9.17, 15) is 14.0 Å². The van der Waals surface area contributed by atoms with Gasteiger partial charge in [-0.05, 0) is 46.5 Å². The van der Waals surface area contributed by atoms with E-state index >= 15 is 0 Å². The molecule has 0 bridgehead atoms. The molecule has 0 amide bonds. The summed E-state index contributed by atoms with van der Waals surface area (Å²) in [5.74, 6) is 0. The maximum atomic E-state index is 12.9. The molecule has 94 valence electrons. The van der Waals surface area contributed by atoms with Crippen molar-refractivity contribution >= 4 is 17.6 Å². The molecule has 3 nitrogen and oxygen atoms in total. The standard InChI is InChI=1S/C11H20FNO2S/c1-10(2,3)16(15)13-8-11(14)6-4-9(12)5-7-11/h8-9,14H,4-7H2,1-3H3/b13-8+/t9-,11+,16-/m0/s1. The van der Waals surface area contributed by atoms with Crippen LogP contribution in [0.3, 0.4) is 0 Å². The van der Waals surface area contributed by atoms with E-state index in [-0.39, 0.29) is 0 Å². The van der Waals surface area contributed by atoms with Crippen LogP contribution < -0.4 is 0 Å². The van der Waals surface area contributed by atoms with E-state index < -0.39 is 27.9 Å². The van der Waals surface area contributed by atoms with Gasteiger partial charge in [-0.1, -0.05) is 4.40 Å². The molecule has 1 aliphatic rings. The smallest absolute Gasteiger partial charge is 0.144 e. The Bertz CT molecular complexity index is 257. The highest BCUT2D eigenvalue weighted by Gasteiger charge is 2.34. The molecule has 1 atom stereocenters. The first kappa shape index (κ1) is 13.9. The number of rotatable bonds is 2. The molecule has 0 unspecified atom stereocenters. The van der Waals surface area contributed by atoms with Crippen molar-refractivity contribution < 1.29 is 14.0 Å². The lowest BCUT2D eigenvalue weighted by Gasteiger charge is -2.29. The van der Waals surface area contributed by atoms with Gasteiger partial charge >= 0.3 is 0 Å². The van der Waals surface area contributed by atoms with E-state index in [1.807, 2.05) is 20.8 Å². The molecule has 0 saturated heterocycles. The van der Waals surface area contributed by atoms with E-state index in [1.54, 1.807) is 0 Å². The van der Waals surface area contributed by atoms with Crippen LogP contribution in [0.5, 0.6) is 0 Å². The summed E-state index contributed by atoms with van der Waals surface area (Å²) in [6.45, 7) is 5.47. The highest BCUT2D eigenvalue weighted by atomic mass is 32.2. The first-order valence-electron chi connectivity index (χ1n) is 5.57. The number of nitrogens with zero attached hydrogens (tertiary/aromatic N) is 1. The third kappa shape index (κ3) is 4.03. The van der Waals surface area contributed by atoms with E-state index in [4.69, 9.17) is 0 Å². The van der Waals surface area contributed by atoms with Gasteiger partial charge in [-0.3, -0.25) is 0 Å². The second-order valence-corrected chi connectivity index (χ2v) is 7.31. The van der Waals surface area contributed by atoms with E-state index in [0.717, 1.165) is 0 Å². The Morgan fingerprint density at radius 3 is 2.38 bits per heavy atom. The third-order valence-corrected chi connectivity index (χ3v) is 4.04. The highest BCUT2D eigenvalue weighted by Crippen LogP contribution is 2.29. The summed E-state index contributed by atoms with van der Waals surface area (Å²) < 4.78 is 28.0. The van der Waals surface area contributed by atoms with Gasteiger partial charge in [-0.2, -0.15) is 0 Å². The van der Waals surface area contributed by atoms with Gasteiger partial charge in [0.05, 0.1) is 6.21 Å². The van der Waals surface area contributed by atoms with Crippen molar-refractivity contribution in [3.63, 3.8) is 0 Å². The van der Waals surface area contributed by atoms with Crippen molar-refractivity contribution in [1.29, 1.82) is 0 Å². The van der Waals surface area contributed by atoms with E-state index in [0.29, 0.717) is 25.7 Å². The summed E-state index contributed by atoms with van der Waals surface area (Å²) in [6.07, 6.45) is 1.95. The molecule has 1 rings (SSSR count).